The van der Waals surface area contributed by atoms with Gasteiger partial charge in [0.05, 0.1) is 7.11 Å². The molecule has 2 aromatic carbocycles. The molecule has 0 saturated heterocycles. The minimum absolute atomic E-state index is 0.846. The van der Waals surface area contributed by atoms with Gasteiger partial charge in [-0.15, -0.1) is 0 Å². The van der Waals surface area contributed by atoms with E-state index >= 15 is 0 Å². The number of nitrogens with one attached hydrogen (secondary N) is 1. The summed E-state index contributed by atoms with van der Waals surface area (Å²) in [4.78, 5) is 2.28. The lowest BCUT2D eigenvalue weighted by molar-refractivity contribution is 0.407. The van der Waals surface area contributed by atoms with Crippen LogP contribution in [0, 0.1) is 0 Å². The van der Waals surface area contributed by atoms with Crippen LogP contribution in [0.3, 0.4) is 0 Å². The number of para-hydroxylation sites is 2. The quantitative estimate of drug-likeness (QED) is 0.753. The molecule has 3 nitrogen and oxygen atoms in total. The first-order chi connectivity index (χ1) is 10.3. The van der Waals surface area contributed by atoms with Crippen LogP contribution in [0.1, 0.15) is 12.0 Å². The Morgan fingerprint density at radius 3 is 2.48 bits per heavy atom. The molecule has 0 aliphatic heterocycles. The first kappa shape index (κ1) is 15.4. The topological polar surface area (TPSA) is 24.5 Å². The molecule has 0 radical (unpaired) electrons. The Kier molecular flexibility index (Phi) is 6.10. The molecule has 0 bridgehead atoms. The van der Waals surface area contributed by atoms with Crippen molar-refractivity contribution in [1.29, 1.82) is 0 Å². The van der Waals surface area contributed by atoms with Crippen LogP contribution in [0.2, 0.25) is 0 Å². The molecule has 21 heavy (non-hydrogen) atoms. The van der Waals surface area contributed by atoms with Gasteiger partial charge in [-0.2, -0.15) is 0 Å². The molecule has 112 valence electrons. The Morgan fingerprint density at radius 1 is 1.00 bits per heavy atom. The second kappa shape index (κ2) is 8.32. The smallest absolute Gasteiger partial charge is 0.123 e. The van der Waals surface area contributed by atoms with E-state index in [9.17, 15) is 0 Å². The molecule has 3 heteroatoms. The fraction of sp³-hybridized carbons (Fsp3) is 0.333. The van der Waals surface area contributed by atoms with Crippen molar-refractivity contribution in [3.05, 3.63) is 60.2 Å². The Balaban J connectivity index is 1.68. The van der Waals surface area contributed by atoms with Gasteiger partial charge in [0, 0.05) is 31.4 Å². The first-order valence-electron chi connectivity index (χ1n) is 7.40. The first-order valence-corrected chi connectivity index (χ1v) is 7.40. The zero-order valence-corrected chi connectivity index (χ0v) is 12.9. The van der Waals surface area contributed by atoms with Crippen molar-refractivity contribution in [2.45, 2.75) is 13.0 Å². The number of nitrogens with zero attached hydrogens (tertiary/aromatic N) is 1. The number of hydrogen-bond acceptors (Lipinski definition) is 3. The van der Waals surface area contributed by atoms with E-state index in [2.05, 4.69) is 47.6 Å². The molecule has 0 spiro atoms. The van der Waals surface area contributed by atoms with Gasteiger partial charge in [0.15, 0.2) is 0 Å². The van der Waals surface area contributed by atoms with Crippen molar-refractivity contribution in [2.24, 2.45) is 0 Å². The van der Waals surface area contributed by atoms with Gasteiger partial charge >= 0.3 is 0 Å². The highest BCUT2D eigenvalue weighted by atomic mass is 16.5. The molecule has 0 fully saturated rings. The van der Waals surface area contributed by atoms with Gasteiger partial charge in [0.1, 0.15) is 5.75 Å². The van der Waals surface area contributed by atoms with E-state index in [-0.39, 0.29) is 0 Å². The van der Waals surface area contributed by atoms with Gasteiger partial charge in [0.25, 0.3) is 0 Å². The lowest BCUT2D eigenvalue weighted by atomic mass is 10.2. The molecule has 0 unspecified atom stereocenters. The van der Waals surface area contributed by atoms with Gasteiger partial charge in [-0.1, -0.05) is 36.4 Å². The monoisotopic (exact) mass is 284 g/mol. The van der Waals surface area contributed by atoms with Crippen molar-refractivity contribution in [2.75, 3.05) is 32.1 Å². The molecule has 1 N–H and O–H groups in total. The van der Waals surface area contributed by atoms with Crippen LogP contribution in [0.15, 0.2) is 54.6 Å². The summed E-state index contributed by atoms with van der Waals surface area (Å²) in [7, 11) is 3.85. The lowest BCUT2D eigenvalue weighted by Gasteiger charge is -2.19. The van der Waals surface area contributed by atoms with Crippen molar-refractivity contribution in [1.82, 2.24) is 5.32 Å². The van der Waals surface area contributed by atoms with E-state index in [1.54, 1.807) is 7.11 Å². The normalized spacial score (nSPS) is 10.4. The Hall–Kier alpha value is -2.00. The van der Waals surface area contributed by atoms with Gasteiger partial charge in [0.2, 0.25) is 0 Å². The standard InChI is InChI=1S/C18H24N2O/c1-20(17-10-4-3-5-11-17)14-8-13-19-15-16-9-6-7-12-18(16)21-2/h3-7,9-12,19H,8,13-15H2,1-2H3. The van der Waals surface area contributed by atoms with Gasteiger partial charge < -0.3 is 15.0 Å². The Labute approximate surface area is 127 Å². The molecule has 0 aliphatic rings. The predicted octanol–water partition coefficient (Wildman–Crippen LogP) is 3.31. The summed E-state index contributed by atoms with van der Waals surface area (Å²) in [6, 6.07) is 18.6. The summed E-state index contributed by atoms with van der Waals surface area (Å²) in [6.07, 6.45) is 1.11. The van der Waals surface area contributed by atoms with Crippen molar-refractivity contribution >= 4 is 5.69 Å². The third-order valence-corrected chi connectivity index (χ3v) is 3.55. The number of hydrogen-bond donors (Lipinski definition) is 1. The minimum Gasteiger partial charge on any atom is -0.496 e. The SMILES string of the molecule is COc1ccccc1CNCCCN(C)c1ccccc1. The summed E-state index contributed by atoms with van der Waals surface area (Å²) in [5.74, 6) is 0.950. The van der Waals surface area contributed by atoms with Gasteiger partial charge in [-0.3, -0.25) is 0 Å². The number of anilines is 1. The van der Waals surface area contributed by atoms with Crippen LogP contribution in [0.5, 0.6) is 5.75 Å². The molecule has 0 heterocycles. The second-order valence-corrected chi connectivity index (χ2v) is 5.10. The third kappa shape index (κ3) is 4.80. The lowest BCUT2D eigenvalue weighted by Crippen LogP contribution is -2.23. The van der Waals surface area contributed by atoms with Crippen LogP contribution in [0.25, 0.3) is 0 Å². The molecule has 0 aromatic heterocycles. The molecule has 0 saturated carbocycles. The van der Waals surface area contributed by atoms with Crippen molar-refractivity contribution in [3.63, 3.8) is 0 Å². The zero-order chi connectivity index (χ0) is 14.9. The molecule has 0 amide bonds. The maximum atomic E-state index is 5.35. The van der Waals surface area contributed by atoms with Crippen molar-refractivity contribution < 1.29 is 4.74 Å². The zero-order valence-electron chi connectivity index (χ0n) is 12.9. The van der Waals surface area contributed by atoms with Crippen LogP contribution in [-0.4, -0.2) is 27.2 Å². The fourth-order valence-corrected chi connectivity index (χ4v) is 2.32. The summed E-state index contributed by atoms with van der Waals surface area (Å²) in [5, 5.41) is 3.48. The maximum Gasteiger partial charge on any atom is 0.123 e. The maximum absolute atomic E-state index is 5.35. The number of benzene rings is 2. The van der Waals surface area contributed by atoms with Crippen LogP contribution >= 0.6 is 0 Å². The highest BCUT2D eigenvalue weighted by molar-refractivity contribution is 5.44. The Morgan fingerprint density at radius 2 is 1.71 bits per heavy atom. The molecular weight excluding hydrogens is 260 g/mol. The summed E-state index contributed by atoms with van der Waals surface area (Å²) >= 11 is 0. The number of ether oxygens (including phenoxy) is 1. The summed E-state index contributed by atoms with van der Waals surface area (Å²) in [5.41, 5.74) is 2.47. The average molecular weight is 284 g/mol. The highest BCUT2D eigenvalue weighted by Gasteiger charge is 2.01. The number of methoxy groups -OCH3 is 1. The highest BCUT2D eigenvalue weighted by Crippen LogP contribution is 2.16. The fourth-order valence-electron chi connectivity index (χ4n) is 2.32. The van der Waals surface area contributed by atoms with E-state index < -0.39 is 0 Å². The molecule has 2 rings (SSSR count). The van der Waals surface area contributed by atoms with E-state index in [0.717, 1.165) is 31.8 Å². The largest absolute Gasteiger partial charge is 0.496 e. The minimum atomic E-state index is 0.846. The van der Waals surface area contributed by atoms with E-state index in [1.165, 1.54) is 11.3 Å². The van der Waals surface area contributed by atoms with E-state index in [0.29, 0.717) is 0 Å². The summed E-state index contributed by atoms with van der Waals surface area (Å²) < 4.78 is 5.35. The molecule has 0 aliphatic carbocycles. The second-order valence-electron chi connectivity index (χ2n) is 5.10. The predicted molar refractivity (Wildman–Crippen MR) is 89.0 cm³/mol. The van der Waals surface area contributed by atoms with Crippen molar-refractivity contribution in [3.8, 4) is 5.75 Å². The molecular formula is C18H24N2O. The van der Waals surface area contributed by atoms with E-state index in [4.69, 9.17) is 4.74 Å². The van der Waals surface area contributed by atoms with E-state index in [1.807, 2.05) is 24.3 Å². The molecule has 2 aromatic rings. The molecule has 0 atom stereocenters. The average Bonchev–Trinajstić information content (AvgIpc) is 2.55. The van der Waals surface area contributed by atoms with Crippen LogP contribution in [0.4, 0.5) is 5.69 Å². The van der Waals surface area contributed by atoms with Crippen LogP contribution < -0.4 is 15.0 Å². The number of rotatable bonds is 8. The third-order valence-electron chi connectivity index (χ3n) is 3.55. The van der Waals surface area contributed by atoms with Gasteiger partial charge in [-0.05, 0) is 31.2 Å². The Bertz CT molecular complexity index is 528. The van der Waals surface area contributed by atoms with Gasteiger partial charge in [-0.25, -0.2) is 0 Å². The van der Waals surface area contributed by atoms with Crippen LogP contribution in [-0.2, 0) is 6.54 Å². The summed E-state index contributed by atoms with van der Waals surface area (Å²) in [6.45, 7) is 2.89.